The number of rotatable bonds is 6. The molecular weight excluding hydrogens is 250 g/mol. The van der Waals surface area contributed by atoms with Gasteiger partial charge in [0.1, 0.15) is 5.75 Å². The summed E-state index contributed by atoms with van der Waals surface area (Å²) in [5.74, 6) is 0.803. The van der Waals surface area contributed by atoms with E-state index in [4.69, 9.17) is 10.5 Å². The molecule has 0 aliphatic heterocycles. The fourth-order valence-corrected chi connectivity index (χ4v) is 2.15. The molecule has 0 saturated carbocycles. The van der Waals surface area contributed by atoms with Gasteiger partial charge in [-0.25, -0.2) is 4.68 Å². The molecule has 1 aromatic carbocycles. The van der Waals surface area contributed by atoms with Crippen molar-refractivity contribution in [1.82, 2.24) is 9.78 Å². The zero-order valence-electron chi connectivity index (χ0n) is 12.5. The number of nitrogens with two attached hydrogens (primary N) is 1. The Morgan fingerprint density at radius 3 is 2.55 bits per heavy atom. The van der Waals surface area contributed by atoms with E-state index in [0.717, 1.165) is 36.4 Å². The Bertz CT molecular complexity index is 575. The number of nitrogen functional groups attached to an aromatic ring is 1. The van der Waals surface area contributed by atoms with Crippen LogP contribution < -0.4 is 10.5 Å². The van der Waals surface area contributed by atoms with Crippen molar-refractivity contribution in [3.63, 3.8) is 0 Å². The van der Waals surface area contributed by atoms with Crippen molar-refractivity contribution < 1.29 is 4.74 Å². The van der Waals surface area contributed by atoms with E-state index >= 15 is 0 Å². The SMILES string of the molecule is CCCOc1cc(N)cc(-n2nc(CC)cc2CC)c1. The highest BCUT2D eigenvalue weighted by molar-refractivity contribution is 5.53. The molecule has 1 aromatic heterocycles. The number of ether oxygens (including phenoxy) is 1. The first-order valence-corrected chi connectivity index (χ1v) is 7.29. The van der Waals surface area contributed by atoms with E-state index < -0.39 is 0 Å². The quantitative estimate of drug-likeness (QED) is 0.821. The average molecular weight is 273 g/mol. The molecule has 108 valence electrons. The number of anilines is 1. The number of nitrogens with zero attached hydrogens (tertiary/aromatic N) is 2. The summed E-state index contributed by atoms with van der Waals surface area (Å²) in [5.41, 5.74) is 9.93. The third-order valence-corrected chi connectivity index (χ3v) is 3.19. The normalized spacial score (nSPS) is 10.8. The number of hydrogen-bond acceptors (Lipinski definition) is 3. The minimum atomic E-state index is 0.697. The largest absolute Gasteiger partial charge is 0.493 e. The summed E-state index contributed by atoms with van der Waals surface area (Å²) in [6, 6.07) is 7.94. The number of hydrogen-bond donors (Lipinski definition) is 1. The minimum Gasteiger partial charge on any atom is -0.493 e. The Hall–Kier alpha value is -1.97. The standard InChI is InChI=1S/C16H23N3O/c1-4-7-20-16-9-12(17)8-15(11-16)19-14(6-3)10-13(5-2)18-19/h8-11H,4-7,17H2,1-3H3. The Morgan fingerprint density at radius 2 is 1.90 bits per heavy atom. The van der Waals surface area contributed by atoms with Crippen LogP contribution in [0.4, 0.5) is 5.69 Å². The fraction of sp³-hybridized carbons (Fsp3) is 0.438. The Kier molecular flexibility index (Phi) is 4.66. The molecule has 20 heavy (non-hydrogen) atoms. The van der Waals surface area contributed by atoms with Crippen LogP contribution in [0.25, 0.3) is 5.69 Å². The van der Waals surface area contributed by atoms with Crippen molar-refractivity contribution in [1.29, 1.82) is 0 Å². The van der Waals surface area contributed by atoms with Gasteiger partial charge < -0.3 is 10.5 Å². The van der Waals surface area contributed by atoms with Crippen molar-refractivity contribution in [3.8, 4) is 11.4 Å². The average Bonchev–Trinajstić information content (AvgIpc) is 2.88. The Balaban J connectivity index is 2.40. The fourth-order valence-electron chi connectivity index (χ4n) is 2.15. The third-order valence-electron chi connectivity index (χ3n) is 3.19. The molecule has 2 N–H and O–H groups in total. The van der Waals surface area contributed by atoms with Crippen molar-refractivity contribution >= 4 is 5.69 Å². The van der Waals surface area contributed by atoms with E-state index in [1.54, 1.807) is 0 Å². The molecule has 0 saturated heterocycles. The molecule has 2 aromatic rings. The molecule has 0 amide bonds. The highest BCUT2D eigenvalue weighted by Crippen LogP contribution is 2.23. The van der Waals surface area contributed by atoms with Gasteiger partial charge >= 0.3 is 0 Å². The van der Waals surface area contributed by atoms with Crippen molar-refractivity contribution in [2.24, 2.45) is 0 Å². The number of aromatic nitrogens is 2. The van der Waals surface area contributed by atoms with Gasteiger partial charge in [0, 0.05) is 23.5 Å². The lowest BCUT2D eigenvalue weighted by Gasteiger charge is -2.11. The van der Waals surface area contributed by atoms with Crippen LogP contribution in [-0.4, -0.2) is 16.4 Å². The van der Waals surface area contributed by atoms with E-state index in [1.807, 2.05) is 22.9 Å². The molecule has 0 aliphatic carbocycles. The highest BCUT2D eigenvalue weighted by Gasteiger charge is 2.09. The van der Waals surface area contributed by atoms with Gasteiger partial charge in [0.15, 0.2) is 0 Å². The van der Waals surface area contributed by atoms with Gasteiger partial charge in [-0.1, -0.05) is 20.8 Å². The van der Waals surface area contributed by atoms with Crippen molar-refractivity contribution in [2.75, 3.05) is 12.3 Å². The lowest BCUT2D eigenvalue weighted by Crippen LogP contribution is -2.04. The molecule has 1 heterocycles. The second kappa shape index (κ2) is 6.46. The first-order chi connectivity index (χ1) is 9.67. The van der Waals surface area contributed by atoms with Crippen molar-refractivity contribution in [3.05, 3.63) is 35.7 Å². The molecule has 0 radical (unpaired) electrons. The molecule has 4 heteroatoms. The minimum absolute atomic E-state index is 0.697. The molecule has 0 fully saturated rings. The predicted molar refractivity (Wildman–Crippen MR) is 82.5 cm³/mol. The molecule has 0 aliphatic rings. The van der Waals surface area contributed by atoms with Crippen LogP contribution in [0.2, 0.25) is 0 Å². The summed E-state index contributed by atoms with van der Waals surface area (Å²) in [6.45, 7) is 7.03. The zero-order valence-corrected chi connectivity index (χ0v) is 12.5. The highest BCUT2D eigenvalue weighted by atomic mass is 16.5. The number of benzene rings is 1. The van der Waals surface area contributed by atoms with Gasteiger partial charge in [0.05, 0.1) is 18.0 Å². The lowest BCUT2D eigenvalue weighted by atomic mass is 10.2. The Labute approximate surface area is 120 Å². The van der Waals surface area contributed by atoms with E-state index in [9.17, 15) is 0 Å². The topological polar surface area (TPSA) is 53.1 Å². The maximum Gasteiger partial charge on any atom is 0.123 e. The molecule has 0 atom stereocenters. The molecular formula is C16H23N3O. The summed E-state index contributed by atoms with van der Waals surface area (Å²) >= 11 is 0. The molecule has 0 spiro atoms. The van der Waals surface area contributed by atoms with E-state index in [0.29, 0.717) is 12.3 Å². The maximum atomic E-state index is 5.98. The third kappa shape index (κ3) is 3.13. The number of aryl methyl sites for hydroxylation is 2. The predicted octanol–water partition coefficient (Wildman–Crippen LogP) is 3.37. The van der Waals surface area contributed by atoms with Gasteiger partial charge in [0.2, 0.25) is 0 Å². The van der Waals surface area contributed by atoms with Crippen molar-refractivity contribution in [2.45, 2.75) is 40.0 Å². The van der Waals surface area contributed by atoms with E-state index in [1.165, 1.54) is 5.69 Å². The molecule has 0 bridgehead atoms. The summed E-state index contributed by atoms with van der Waals surface area (Å²) in [5, 5.41) is 4.64. The van der Waals surface area contributed by atoms with Crippen LogP contribution in [0.1, 0.15) is 38.6 Å². The maximum absolute atomic E-state index is 5.98. The second-order valence-corrected chi connectivity index (χ2v) is 4.85. The zero-order chi connectivity index (χ0) is 14.5. The van der Waals surface area contributed by atoms with Crippen LogP contribution in [0, 0.1) is 0 Å². The first kappa shape index (κ1) is 14.4. The van der Waals surface area contributed by atoms with E-state index in [-0.39, 0.29) is 0 Å². The van der Waals surface area contributed by atoms with Crippen LogP contribution in [-0.2, 0) is 12.8 Å². The van der Waals surface area contributed by atoms with Gasteiger partial charge in [-0.3, -0.25) is 0 Å². The smallest absolute Gasteiger partial charge is 0.123 e. The summed E-state index contributed by atoms with van der Waals surface area (Å²) < 4.78 is 7.65. The lowest BCUT2D eigenvalue weighted by molar-refractivity contribution is 0.317. The van der Waals surface area contributed by atoms with Gasteiger partial charge in [-0.05, 0) is 31.4 Å². The van der Waals surface area contributed by atoms with E-state index in [2.05, 4.69) is 31.9 Å². The summed E-state index contributed by atoms with van der Waals surface area (Å²) in [4.78, 5) is 0. The van der Waals surface area contributed by atoms with Crippen LogP contribution in [0.15, 0.2) is 24.3 Å². The molecule has 0 unspecified atom stereocenters. The molecule has 4 nitrogen and oxygen atoms in total. The van der Waals surface area contributed by atoms with Gasteiger partial charge in [0.25, 0.3) is 0 Å². The van der Waals surface area contributed by atoms with Crippen LogP contribution >= 0.6 is 0 Å². The van der Waals surface area contributed by atoms with Gasteiger partial charge in [-0.2, -0.15) is 5.10 Å². The summed E-state index contributed by atoms with van der Waals surface area (Å²) in [6.07, 6.45) is 2.85. The second-order valence-electron chi connectivity index (χ2n) is 4.85. The summed E-state index contributed by atoms with van der Waals surface area (Å²) in [7, 11) is 0. The monoisotopic (exact) mass is 273 g/mol. The first-order valence-electron chi connectivity index (χ1n) is 7.29. The van der Waals surface area contributed by atoms with Crippen LogP contribution in [0.3, 0.4) is 0 Å². The van der Waals surface area contributed by atoms with Gasteiger partial charge in [-0.15, -0.1) is 0 Å². The van der Waals surface area contributed by atoms with Crippen LogP contribution in [0.5, 0.6) is 5.75 Å². The Morgan fingerprint density at radius 1 is 1.10 bits per heavy atom. The molecule has 2 rings (SSSR count).